The van der Waals surface area contributed by atoms with E-state index in [0.717, 1.165) is 12.8 Å². The van der Waals surface area contributed by atoms with Gasteiger partial charge in [-0.25, -0.2) is 4.79 Å². The first-order valence-electron chi connectivity index (χ1n) is 5.30. The van der Waals surface area contributed by atoms with Crippen LogP contribution in [0, 0.1) is 0 Å². The molecule has 2 N–H and O–H groups in total. The first-order chi connectivity index (χ1) is 7.10. The number of ether oxygens (including phenoxy) is 1. The minimum absolute atomic E-state index is 0.0563. The van der Waals surface area contributed by atoms with E-state index in [1.807, 2.05) is 14.1 Å². The molecule has 1 aliphatic carbocycles. The molecule has 1 aliphatic rings. The highest BCUT2D eigenvalue weighted by Gasteiger charge is 2.39. The summed E-state index contributed by atoms with van der Waals surface area (Å²) in [4.78, 5) is 13.3. The van der Waals surface area contributed by atoms with Crippen LogP contribution in [-0.2, 0) is 4.74 Å². The van der Waals surface area contributed by atoms with Gasteiger partial charge in [-0.1, -0.05) is 0 Å². The van der Waals surface area contributed by atoms with E-state index in [-0.39, 0.29) is 18.8 Å². The average molecular weight is 216 g/mol. The minimum Gasteiger partial charge on any atom is -0.447 e. The molecule has 0 saturated heterocycles. The molecule has 5 nitrogen and oxygen atoms in total. The summed E-state index contributed by atoms with van der Waals surface area (Å²) in [6.07, 6.45) is 2.99. The van der Waals surface area contributed by atoms with Gasteiger partial charge in [-0.3, -0.25) is 0 Å². The minimum atomic E-state index is -0.447. The van der Waals surface area contributed by atoms with E-state index in [1.54, 1.807) is 0 Å². The standard InChI is InChI=1S/C10H20N2O3/c1-12(2)10(4-3-5-10)8-11-9(14)15-7-6-13/h13H,3-8H2,1-2H3,(H,11,14). The van der Waals surface area contributed by atoms with E-state index in [2.05, 4.69) is 10.2 Å². The van der Waals surface area contributed by atoms with E-state index in [9.17, 15) is 4.79 Å². The number of likely N-dealkylation sites (N-methyl/N-ethyl adjacent to an activating group) is 1. The Hall–Kier alpha value is -0.810. The van der Waals surface area contributed by atoms with Crippen LogP contribution < -0.4 is 5.32 Å². The fourth-order valence-corrected chi connectivity index (χ4v) is 1.79. The highest BCUT2D eigenvalue weighted by molar-refractivity contribution is 5.67. The molecule has 0 heterocycles. The smallest absolute Gasteiger partial charge is 0.407 e. The van der Waals surface area contributed by atoms with Crippen molar-refractivity contribution >= 4 is 6.09 Å². The van der Waals surface area contributed by atoms with Crippen LogP contribution in [0.1, 0.15) is 19.3 Å². The van der Waals surface area contributed by atoms with E-state index in [1.165, 1.54) is 6.42 Å². The van der Waals surface area contributed by atoms with Crippen LogP contribution in [0.15, 0.2) is 0 Å². The molecule has 88 valence electrons. The van der Waals surface area contributed by atoms with E-state index in [4.69, 9.17) is 9.84 Å². The Morgan fingerprint density at radius 3 is 2.60 bits per heavy atom. The lowest BCUT2D eigenvalue weighted by Gasteiger charge is -2.47. The molecule has 0 aliphatic heterocycles. The first kappa shape index (κ1) is 12.3. The molecule has 1 amide bonds. The summed E-state index contributed by atoms with van der Waals surface area (Å²) >= 11 is 0. The molecule has 1 fully saturated rings. The maximum absolute atomic E-state index is 11.1. The molecule has 0 spiro atoms. The number of nitrogens with zero attached hydrogens (tertiary/aromatic N) is 1. The molecule has 0 atom stereocenters. The Morgan fingerprint density at radius 2 is 2.20 bits per heavy atom. The molecule has 0 aromatic rings. The third-order valence-electron chi connectivity index (χ3n) is 3.12. The predicted octanol–water partition coefficient (Wildman–Crippen LogP) is 0.189. The van der Waals surface area contributed by atoms with Crippen molar-refractivity contribution in [3.05, 3.63) is 0 Å². The van der Waals surface area contributed by atoms with E-state index in [0.29, 0.717) is 6.54 Å². The Morgan fingerprint density at radius 1 is 1.53 bits per heavy atom. The molecule has 1 rings (SSSR count). The van der Waals surface area contributed by atoms with Gasteiger partial charge in [0.05, 0.1) is 6.61 Å². The third-order valence-corrected chi connectivity index (χ3v) is 3.12. The van der Waals surface area contributed by atoms with Gasteiger partial charge in [-0.05, 0) is 33.4 Å². The summed E-state index contributed by atoms with van der Waals surface area (Å²) in [5.41, 5.74) is 0.109. The first-order valence-corrected chi connectivity index (χ1v) is 5.30. The van der Waals surface area contributed by atoms with Crippen LogP contribution in [0.3, 0.4) is 0 Å². The Kier molecular flexibility index (Phi) is 4.35. The van der Waals surface area contributed by atoms with Crippen molar-refractivity contribution in [1.29, 1.82) is 0 Å². The number of alkyl carbamates (subject to hydrolysis) is 1. The van der Waals surface area contributed by atoms with Gasteiger partial charge in [0.1, 0.15) is 6.61 Å². The van der Waals surface area contributed by atoms with Gasteiger partial charge >= 0.3 is 6.09 Å². The number of hydrogen-bond acceptors (Lipinski definition) is 4. The van der Waals surface area contributed by atoms with Crippen molar-refractivity contribution in [2.75, 3.05) is 33.9 Å². The number of carbonyl (C=O) groups excluding carboxylic acids is 1. The largest absolute Gasteiger partial charge is 0.447 e. The lowest BCUT2D eigenvalue weighted by atomic mass is 9.75. The quantitative estimate of drug-likeness (QED) is 0.688. The van der Waals surface area contributed by atoms with Gasteiger partial charge in [0.25, 0.3) is 0 Å². The van der Waals surface area contributed by atoms with Gasteiger partial charge in [-0.15, -0.1) is 0 Å². The second-order valence-electron chi connectivity index (χ2n) is 4.19. The molecule has 0 unspecified atom stereocenters. The molecular weight excluding hydrogens is 196 g/mol. The van der Waals surface area contributed by atoms with Crippen molar-refractivity contribution in [1.82, 2.24) is 10.2 Å². The summed E-state index contributed by atoms with van der Waals surface area (Å²) in [5.74, 6) is 0. The maximum Gasteiger partial charge on any atom is 0.407 e. The summed E-state index contributed by atoms with van der Waals surface area (Å²) in [5, 5.41) is 11.2. The highest BCUT2D eigenvalue weighted by atomic mass is 16.6. The topological polar surface area (TPSA) is 61.8 Å². The van der Waals surface area contributed by atoms with Crippen molar-refractivity contribution in [2.45, 2.75) is 24.8 Å². The van der Waals surface area contributed by atoms with Crippen molar-refractivity contribution < 1.29 is 14.6 Å². The summed E-state index contributed by atoms with van der Waals surface area (Å²) in [6, 6.07) is 0. The molecule has 0 aromatic heterocycles. The molecule has 0 radical (unpaired) electrons. The van der Waals surface area contributed by atoms with Crippen molar-refractivity contribution in [3.8, 4) is 0 Å². The highest BCUT2D eigenvalue weighted by Crippen LogP contribution is 2.35. The van der Waals surface area contributed by atoms with Gasteiger partial charge in [-0.2, -0.15) is 0 Å². The van der Waals surface area contributed by atoms with Crippen LogP contribution >= 0.6 is 0 Å². The van der Waals surface area contributed by atoms with Crippen LogP contribution in [0.2, 0.25) is 0 Å². The van der Waals surface area contributed by atoms with Gasteiger partial charge in [0, 0.05) is 12.1 Å². The van der Waals surface area contributed by atoms with Crippen LogP contribution in [0.5, 0.6) is 0 Å². The number of rotatable bonds is 5. The zero-order valence-electron chi connectivity index (χ0n) is 9.45. The second kappa shape index (κ2) is 5.32. The number of amides is 1. The Bertz CT molecular complexity index is 215. The molecule has 15 heavy (non-hydrogen) atoms. The van der Waals surface area contributed by atoms with Gasteiger partial charge < -0.3 is 20.1 Å². The van der Waals surface area contributed by atoms with Gasteiger partial charge in [0.2, 0.25) is 0 Å². The zero-order chi connectivity index (χ0) is 11.3. The fraction of sp³-hybridized carbons (Fsp3) is 0.900. The third kappa shape index (κ3) is 3.07. The molecule has 0 aromatic carbocycles. The molecule has 5 heteroatoms. The maximum atomic E-state index is 11.1. The molecular formula is C10H20N2O3. The predicted molar refractivity (Wildman–Crippen MR) is 56.7 cm³/mol. The number of aliphatic hydroxyl groups is 1. The monoisotopic (exact) mass is 216 g/mol. The molecule has 0 bridgehead atoms. The zero-order valence-corrected chi connectivity index (χ0v) is 9.45. The SMILES string of the molecule is CN(C)C1(CNC(=O)OCCO)CCC1. The average Bonchev–Trinajstić information content (AvgIpc) is 2.12. The number of aliphatic hydroxyl groups excluding tert-OH is 1. The second-order valence-corrected chi connectivity index (χ2v) is 4.19. The van der Waals surface area contributed by atoms with E-state index < -0.39 is 6.09 Å². The normalized spacial score (nSPS) is 18.4. The van der Waals surface area contributed by atoms with Crippen molar-refractivity contribution in [2.24, 2.45) is 0 Å². The summed E-state index contributed by atoms with van der Waals surface area (Å²) in [6.45, 7) is 0.539. The molecule has 1 saturated carbocycles. The van der Waals surface area contributed by atoms with Crippen LogP contribution in [-0.4, -0.2) is 55.5 Å². The van der Waals surface area contributed by atoms with Crippen LogP contribution in [0.25, 0.3) is 0 Å². The number of nitrogens with one attached hydrogen (secondary N) is 1. The van der Waals surface area contributed by atoms with Crippen molar-refractivity contribution in [3.63, 3.8) is 0 Å². The lowest BCUT2D eigenvalue weighted by molar-refractivity contribution is 0.0552. The summed E-state index contributed by atoms with van der Waals surface area (Å²) in [7, 11) is 4.06. The Balaban J connectivity index is 2.25. The lowest BCUT2D eigenvalue weighted by Crippen LogP contribution is -2.57. The number of carbonyl (C=O) groups is 1. The van der Waals surface area contributed by atoms with Crippen LogP contribution in [0.4, 0.5) is 4.79 Å². The fourth-order valence-electron chi connectivity index (χ4n) is 1.79. The summed E-state index contributed by atoms with van der Waals surface area (Å²) < 4.78 is 4.72. The Labute approximate surface area is 90.4 Å². The van der Waals surface area contributed by atoms with E-state index >= 15 is 0 Å². The van der Waals surface area contributed by atoms with Gasteiger partial charge in [0.15, 0.2) is 0 Å². The number of hydrogen-bond donors (Lipinski definition) is 2.